The van der Waals surface area contributed by atoms with E-state index in [1.807, 2.05) is 29.6 Å². The Hall–Kier alpha value is -2.99. The molecule has 2 saturated heterocycles. The van der Waals surface area contributed by atoms with E-state index in [0.717, 1.165) is 30.1 Å². The fraction of sp³-hybridized carbons (Fsp3) is 0.533. The number of carbonyl (C=O) groups is 4. The van der Waals surface area contributed by atoms with Crippen molar-refractivity contribution in [2.75, 3.05) is 72.7 Å². The van der Waals surface area contributed by atoms with Gasteiger partial charge in [0.05, 0.1) is 33.3 Å². The van der Waals surface area contributed by atoms with Gasteiger partial charge in [0, 0.05) is 49.2 Å². The molecule has 0 saturated carbocycles. The number of esters is 1. The molecule has 228 valence electrons. The lowest BCUT2D eigenvalue weighted by molar-refractivity contribution is -0.158. The molecule has 4 rings (SSSR count). The molecule has 12 heteroatoms. The number of rotatable bonds is 14. The summed E-state index contributed by atoms with van der Waals surface area (Å²) in [5.41, 5.74) is 0.997. The first-order valence-corrected chi connectivity index (χ1v) is 15.6. The number of piperazine rings is 1. The Labute approximate surface area is 256 Å². The van der Waals surface area contributed by atoms with Gasteiger partial charge in [-0.1, -0.05) is 29.8 Å². The van der Waals surface area contributed by atoms with Crippen LogP contribution in [0.4, 0.5) is 0 Å². The number of morpholine rings is 1. The Bertz CT molecular complexity index is 1190. The summed E-state index contributed by atoms with van der Waals surface area (Å²) in [5, 5.41) is 2.60. The molecule has 2 aromatic rings. The van der Waals surface area contributed by atoms with Crippen LogP contribution in [0.2, 0.25) is 5.02 Å². The number of benzene rings is 1. The second kappa shape index (κ2) is 16.0. The summed E-state index contributed by atoms with van der Waals surface area (Å²) in [6.07, 6.45) is 1.62. The number of amides is 3. The van der Waals surface area contributed by atoms with Gasteiger partial charge in [0.2, 0.25) is 17.7 Å². The molecule has 0 spiro atoms. The molecule has 1 aromatic heterocycles. The molecule has 2 aliphatic rings. The highest BCUT2D eigenvalue weighted by molar-refractivity contribution is 7.09. The van der Waals surface area contributed by atoms with Crippen LogP contribution in [0.25, 0.3) is 0 Å². The summed E-state index contributed by atoms with van der Waals surface area (Å²) in [6, 6.07) is 10.4. The first-order chi connectivity index (χ1) is 20.3. The summed E-state index contributed by atoms with van der Waals surface area (Å²) in [6.45, 7) is 4.56. The van der Waals surface area contributed by atoms with Gasteiger partial charge in [-0.2, -0.15) is 0 Å². The molecular formula is C30H39ClN4O6S. The molecule has 3 amide bonds. The number of hydrogen-bond donors (Lipinski definition) is 0. The maximum atomic E-state index is 13.8. The van der Waals surface area contributed by atoms with Crippen molar-refractivity contribution in [3.8, 4) is 0 Å². The Balaban J connectivity index is 1.46. The van der Waals surface area contributed by atoms with E-state index in [0.29, 0.717) is 57.1 Å². The molecule has 1 aromatic carbocycles. The van der Waals surface area contributed by atoms with Crippen LogP contribution in [0, 0.1) is 0 Å². The van der Waals surface area contributed by atoms with Gasteiger partial charge in [-0.3, -0.25) is 24.1 Å². The first-order valence-electron chi connectivity index (χ1n) is 14.3. The largest absolute Gasteiger partial charge is 0.468 e. The van der Waals surface area contributed by atoms with Gasteiger partial charge in [-0.15, -0.1) is 11.3 Å². The number of ether oxygens (including phenoxy) is 2. The van der Waals surface area contributed by atoms with Gasteiger partial charge in [-0.05, 0) is 48.4 Å². The lowest BCUT2D eigenvalue weighted by Crippen LogP contribution is -2.61. The van der Waals surface area contributed by atoms with E-state index in [-0.39, 0.29) is 37.2 Å². The smallest absolute Gasteiger partial charge is 0.325 e. The Kier molecular flexibility index (Phi) is 12.2. The molecule has 42 heavy (non-hydrogen) atoms. The number of carbonyl (C=O) groups excluding carboxylic acids is 4. The van der Waals surface area contributed by atoms with Gasteiger partial charge < -0.3 is 24.2 Å². The van der Waals surface area contributed by atoms with Crippen molar-refractivity contribution in [3.63, 3.8) is 0 Å². The molecule has 0 aliphatic carbocycles. The third-order valence-corrected chi connectivity index (χ3v) is 8.84. The highest BCUT2D eigenvalue weighted by atomic mass is 35.5. The maximum Gasteiger partial charge on any atom is 0.325 e. The third kappa shape index (κ3) is 9.26. The van der Waals surface area contributed by atoms with Crippen LogP contribution in [0.3, 0.4) is 0 Å². The minimum Gasteiger partial charge on any atom is -0.468 e. The van der Waals surface area contributed by atoms with Crippen LogP contribution in [0.5, 0.6) is 0 Å². The summed E-state index contributed by atoms with van der Waals surface area (Å²) in [4.78, 5) is 61.0. The van der Waals surface area contributed by atoms with Crippen molar-refractivity contribution in [1.82, 2.24) is 19.6 Å². The number of halogens is 1. The zero-order chi connectivity index (χ0) is 29.9. The third-order valence-electron chi connectivity index (χ3n) is 7.66. The molecule has 0 radical (unpaired) electrons. The summed E-state index contributed by atoms with van der Waals surface area (Å²) in [5.74, 6) is -1.32. The van der Waals surface area contributed by atoms with Crippen molar-refractivity contribution in [1.29, 1.82) is 0 Å². The average Bonchev–Trinajstić information content (AvgIpc) is 3.52. The first kappa shape index (κ1) is 31.9. The minimum absolute atomic E-state index is 0.0347. The Morgan fingerprint density at radius 1 is 1.07 bits per heavy atom. The second-order valence-electron chi connectivity index (χ2n) is 10.5. The minimum atomic E-state index is -0.941. The Morgan fingerprint density at radius 2 is 1.83 bits per heavy atom. The molecular weight excluding hydrogens is 580 g/mol. The van der Waals surface area contributed by atoms with Gasteiger partial charge in [-0.25, -0.2) is 0 Å². The van der Waals surface area contributed by atoms with Crippen molar-refractivity contribution >= 4 is 46.6 Å². The predicted octanol–water partition coefficient (Wildman–Crippen LogP) is 2.34. The van der Waals surface area contributed by atoms with Crippen LogP contribution in [0.1, 0.15) is 23.3 Å². The molecule has 10 nitrogen and oxygen atoms in total. The van der Waals surface area contributed by atoms with Crippen LogP contribution in [0.15, 0.2) is 41.8 Å². The van der Waals surface area contributed by atoms with E-state index in [1.54, 1.807) is 33.3 Å². The number of hydrogen-bond acceptors (Lipinski definition) is 8. The van der Waals surface area contributed by atoms with E-state index in [2.05, 4.69) is 4.90 Å². The highest BCUT2D eigenvalue weighted by Crippen LogP contribution is 2.20. The standard InChI is InChI=1S/C30H39ClN4O6S/c1-40-29(38)22-33(12-3-11-32-15-17-41-18-16-32)27(36)20-26-30(39)34(13-9-23-5-7-24(31)8-6-23)21-28(37)35(26)14-10-25-4-2-19-42-25/h2,4-8,19,26H,3,9-18,20-22H2,1H3. The SMILES string of the molecule is COC(=O)CN(CCCN1CCOCC1)C(=O)CC1C(=O)N(CCc2ccc(Cl)cc2)CC(=O)N1CCc1cccs1. The Morgan fingerprint density at radius 3 is 2.52 bits per heavy atom. The normalized spacial score (nSPS) is 17.9. The molecule has 0 bridgehead atoms. The van der Waals surface area contributed by atoms with Crippen molar-refractivity contribution in [2.24, 2.45) is 0 Å². The van der Waals surface area contributed by atoms with E-state index in [1.165, 1.54) is 12.0 Å². The van der Waals surface area contributed by atoms with Gasteiger partial charge in [0.1, 0.15) is 12.6 Å². The van der Waals surface area contributed by atoms with Crippen LogP contribution in [-0.4, -0.2) is 122 Å². The van der Waals surface area contributed by atoms with E-state index in [4.69, 9.17) is 21.1 Å². The van der Waals surface area contributed by atoms with Gasteiger partial charge in [0.25, 0.3) is 0 Å². The van der Waals surface area contributed by atoms with E-state index < -0.39 is 12.0 Å². The van der Waals surface area contributed by atoms with Crippen LogP contribution >= 0.6 is 22.9 Å². The molecule has 2 fully saturated rings. The lowest BCUT2D eigenvalue weighted by atomic mass is 10.0. The zero-order valence-corrected chi connectivity index (χ0v) is 25.6. The van der Waals surface area contributed by atoms with Crippen LogP contribution < -0.4 is 0 Å². The molecule has 3 heterocycles. The van der Waals surface area contributed by atoms with Gasteiger partial charge in [0.15, 0.2) is 0 Å². The fourth-order valence-electron chi connectivity index (χ4n) is 5.23. The second-order valence-corrected chi connectivity index (χ2v) is 11.9. The monoisotopic (exact) mass is 618 g/mol. The lowest BCUT2D eigenvalue weighted by Gasteiger charge is -2.40. The van der Waals surface area contributed by atoms with E-state index in [9.17, 15) is 19.2 Å². The highest BCUT2D eigenvalue weighted by Gasteiger charge is 2.41. The number of methoxy groups -OCH3 is 1. The summed E-state index contributed by atoms with van der Waals surface area (Å²) in [7, 11) is 1.28. The van der Waals surface area contributed by atoms with Gasteiger partial charge >= 0.3 is 5.97 Å². The predicted molar refractivity (Wildman–Crippen MR) is 160 cm³/mol. The average molecular weight is 619 g/mol. The topological polar surface area (TPSA) is 99.7 Å². The quantitative estimate of drug-likeness (QED) is 0.300. The molecule has 1 atom stereocenters. The van der Waals surface area contributed by atoms with Crippen LogP contribution in [-0.2, 0) is 41.5 Å². The summed E-state index contributed by atoms with van der Waals surface area (Å²) < 4.78 is 10.3. The fourth-order valence-corrected chi connectivity index (χ4v) is 6.06. The van der Waals surface area contributed by atoms with E-state index >= 15 is 0 Å². The zero-order valence-electron chi connectivity index (χ0n) is 24.0. The molecule has 0 N–H and O–H groups in total. The number of thiophene rings is 1. The molecule has 2 aliphatic heterocycles. The van der Waals surface area contributed by atoms with Crippen molar-refractivity contribution < 1.29 is 28.7 Å². The molecule has 1 unspecified atom stereocenters. The van der Waals surface area contributed by atoms with Crippen molar-refractivity contribution in [3.05, 3.63) is 57.2 Å². The maximum absolute atomic E-state index is 13.8. The number of nitrogens with zero attached hydrogens (tertiary/aromatic N) is 4. The van der Waals surface area contributed by atoms with Crippen molar-refractivity contribution in [2.45, 2.75) is 31.7 Å². The summed E-state index contributed by atoms with van der Waals surface area (Å²) >= 11 is 7.59.